The van der Waals surface area contributed by atoms with Gasteiger partial charge in [0, 0.05) is 5.56 Å². The van der Waals surface area contributed by atoms with Gasteiger partial charge in [0.05, 0.1) is 0 Å². The first-order chi connectivity index (χ1) is 5.29. The highest BCUT2D eigenvalue weighted by atomic mass is 16.6. The summed E-state index contributed by atoms with van der Waals surface area (Å²) in [5, 5.41) is 9.18. The maximum Gasteiger partial charge on any atom is 0.345 e. The molecule has 0 spiro atoms. The summed E-state index contributed by atoms with van der Waals surface area (Å²) < 4.78 is 4.73. The summed E-state index contributed by atoms with van der Waals surface area (Å²) in [5.41, 5.74) is 0.553. The lowest BCUT2D eigenvalue weighted by molar-refractivity contribution is -0.140. The number of hydrogen-bond donors (Lipinski definition) is 1. The Labute approximate surface area is 63.2 Å². The number of esters is 1. The number of rotatable bonds is 0. The summed E-state index contributed by atoms with van der Waals surface area (Å²) >= 11 is 0. The average molecular weight is 150 g/mol. The number of aliphatic hydroxyl groups is 1. The van der Waals surface area contributed by atoms with Crippen LogP contribution >= 0.6 is 0 Å². The lowest BCUT2D eigenvalue weighted by Crippen LogP contribution is -2.08. The minimum atomic E-state index is -1.09. The lowest BCUT2D eigenvalue weighted by atomic mass is 10.1. The lowest BCUT2D eigenvalue weighted by Gasteiger charge is -1.94. The molecule has 1 aliphatic rings. The number of hydrogen-bond acceptors (Lipinski definition) is 3. The summed E-state index contributed by atoms with van der Waals surface area (Å²) in [6, 6.07) is 6.84. The van der Waals surface area contributed by atoms with E-state index in [-0.39, 0.29) is 0 Å². The Morgan fingerprint density at radius 1 is 1.36 bits per heavy atom. The van der Waals surface area contributed by atoms with E-state index in [9.17, 15) is 9.90 Å². The third-order valence-electron chi connectivity index (χ3n) is 1.65. The summed E-state index contributed by atoms with van der Waals surface area (Å²) in [6.45, 7) is 0. The third-order valence-corrected chi connectivity index (χ3v) is 1.65. The largest absolute Gasteiger partial charge is 0.424 e. The van der Waals surface area contributed by atoms with Crippen LogP contribution in [0.1, 0.15) is 11.7 Å². The van der Waals surface area contributed by atoms with Gasteiger partial charge >= 0.3 is 5.97 Å². The Hall–Kier alpha value is -1.35. The zero-order chi connectivity index (χ0) is 7.84. The molecule has 1 aromatic rings. The molecule has 0 radical (unpaired) electrons. The van der Waals surface area contributed by atoms with Crippen LogP contribution in [0.15, 0.2) is 24.3 Å². The van der Waals surface area contributed by atoms with Crippen LogP contribution in [0, 0.1) is 0 Å². The van der Waals surface area contributed by atoms with Crippen LogP contribution < -0.4 is 4.74 Å². The number of ether oxygens (including phenoxy) is 1. The number of carbonyl (C=O) groups is 1. The summed E-state index contributed by atoms with van der Waals surface area (Å²) in [5.74, 6) is -0.129. The van der Waals surface area contributed by atoms with Gasteiger partial charge in [-0.1, -0.05) is 18.2 Å². The van der Waals surface area contributed by atoms with E-state index in [1.807, 2.05) is 0 Å². The SMILES string of the molecule is O=C1Oc2ccccc2C1O. The summed E-state index contributed by atoms with van der Waals surface area (Å²) in [4.78, 5) is 10.8. The Balaban J connectivity index is 2.55. The number of aliphatic hydroxyl groups excluding tert-OH is 1. The molecule has 11 heavy (non-hydrogen) atoms. The Bertz CT molecular complexity index is 306. The predicted molar refractivity (Wildman–Crippen MR) is 37.0 cm³/mol. The van der Waals surface area contributed by atoms with Crippen molar-refractivity contribution in [1.29, 1.82) is 0 Å². The second kappa shape index (κ2) is 2.07. The highest BCUT2D eigenvalue weighted by Crippen LogP contribution is 2.32. The molecule has 0 amide bonds. The van der Waals surface area contributed by atoms with E-state index in [0.29, 0.717) is 11.3 Å². The van der Waals surface area contributed by atoms with Gasteiger partial charge < -0.3 is 9.84 Å². The highest BCUT2D eigenvalue weighted by molar-refractivity contribution is 5.84. The second-order valence-electron chi connectivity index (χ2n) is 2.36. The molecule has 1 unspecified atom stereocenters. The molecule has 3 heteroatoms. The maximum atomic E-state index is 10.8. The normalized spacial score (nSPS) is 21.2. The third kappa shape index (κ3) is 0.816. The van der Waals surface area contributed by atoms with Gasteiger partial charge in [0.15, 0.2) is 6.10 Å². The molecule has 1 N–H and O–H groups in total. The van der Waals surface area contributed by atoms with Crippen LogP contribution in [0.25, 0.3) is 0 Å². The molecular formula is C8H6O3. The van der Waals surface area contributed by atoms with Gasteiger partial charge in [0.1, 0.15) is 5.75 Å². The van der Waals surface area contributed by atoms with E-state index in [4.69, 9.17) is 4.74 Å². The molecule has 0 saturated heterocycles. The van der Waals surface area contributed by atoms with E-state index >= 15 is 0 Å². The van der Waals surface area contributed by atoms with Crippen LogP contribution in [0.3, 0.4) is 0 Å². The van der Waals surface area contributed by atoms with Crippen molar-refractivity contribution >= 4 is 5.97 Å². The van der Waals surface area contributed by atoms with Gasteiger partial charge in [-0.2, -0.15) is 0 Å². The van der Waals surface area contributed by atoms with E-state index in [1.54, 1.807) is 24.3 Å². The molecule has 1 atom stereocenters. The van der Waals surface area contributed by atoms with Crippen LogP contribution in [0.2, 0.25) is 0 Å². The van der Waals surface area contributed by atoms with Gasteiger partial charge in [-0.15, -0.1) is 0 Å². The first-order valence-electron chi connectivity index (χ1n) is 3.28. The molecular weight excluding hydrogens is 144 g/mol. The topological polar surface area (TPSA) is 46.5 Å². The molecule has 56 valence electrons. The van der Waals surface area contributed by atoms with Crippen molar-refractivity contribution < 1.29 is 14.6 Å². The summed E-state index contributed by atoms with van der Waals surface area (Å²) in [6.07, 6.45) is -1.09. The molecule has 1 aromatic carbocycles. The molecule has 0 saturated carbocycles. The van der Waals surface area contributed by atoms with Crippen LogP contribution in [0.4, 0.5) is 0 Å². The number of fused-ring (bicyclic) bond motifs is 1. The molecule has 0 bridgehead atoms. The van der Waals surface area contributed by atoms with Crippen molar-refractivity contribution in [3.05, 3.63) is 29.8 Å². The fourth-order valence-corrected chi connectivity index (χ4v) is 1.09. The quantitative estimate of drug-likeness (QED) is 0.436. The molecule has 0 aliphatic carbocycles. The zero-order valence-electron chi connectivity index (χ0n) is 5.65. The van der Waals surface area contributed by atoms with Crippen LogP contribution in [-0.4, -0.2) is 11.1 Å². The molecule has 0 aromatic heterocycles. The molecule has 1 heterocycles. The smallest absolute Gasteiger partial charge is 0.345 e. The Morgan fingerprint density at radius 3 is 2.82 bits per heavy atom. The van der Waals surface area contributed by atoms with Gasteiger partial charge in [-0.05, 0) is 6.07 Å². The van der Waals surface area contributed by atoms with E-state index in [1.165, 1.54) is 0 Å². The predicted octanol–water partition coefficient (Wildman–Crippen LogP) is 0.639. The van der Waals surface area contributed by atoms with Crippen molar-refractivity contribution in [3.8, 4) is 5.75 Å². The highest BCUT2D eigenvalue weighted by Gasteiger charge is 2.30. The van der Waals surface area contributed by atoms with Crippen molar-refractivity contribution in [1.82, 2.24) is 0 Å². The van der Waals surface area contributed by atoms with E-state index in [0.717, 1.165) is 0 Å². The molecule has 3 nitrogen and oxygen atoms in total. The monoisotopic (exact) mass is 150 g/mol. The molecule has 1 aliphatic heterocycles. The minimum Gasteiger partial charge on any atom is -0.424 e. The number of benzene rings is 1. The standard InChI is InChI=1S/C8H6O3/c9-7-5-3-1-2-4-6(5)11-8(7)10/h1-4,7,9H. The zero-order valence-corrected chi connectivity index (χ0v) is 5.65. The maximum absolute atomic E-state index is 10.8. The van der Waals surface area contributed by atoms with Gasteiger partial charge in [0.25, 0.3) is 0 Å². The molecule has 2 rings (SSSR count). The first kappa shape index (κ1) is 6.37. The second-order valence-corrected chi connectivity index (χ2v) is 2.36. The fourth-order valence-electron chi connectivity index (χ4n) is 1.09. The number of para-hydroxylation sites is 1. The van der Waals surface area contributed by atoms with Crippen molar-refractivity contribution in [2.45, 2.75) is 6.10 Å². The van der Waals surface area contributed by atoms with Crippen molar-refractivity contribution in [3.63, 3.8) is 0 Å². The first-order valence-corrected chi connectivity index (χ1v) is 3.28. The van der Waals surface area contributed by atoms with Gasteiger partial charge in [-0.3, -0.25) is 0 Å². The van der Waals surface area contributed by atoms with Crippen LogP contribution in [0.5, 0.6) is 5.75 Å². The van der Waals surface area contributed by atoms with E-state index in [2.05, 4.69) is 0 Å². The fraction of sp³-hybridized carbons (Fsp3) is 0.125. The molecule has 0 fully saturated rings. The number of carbonyl (C=O) groups excluding carboxylic acids is 1. The minimum absolute atomic E-state index is 0.463. The summed E-state index contributed by atoms with van der Waals surface area (Å²) in [7, 11) is 0. The van der Waals surface area contributed by atoms with Crippen molar-refractivity contribution in [2.24, 2.45) is 0 Å². The average Bonchev–Trinajstić information content (AvgIpc) is 2.30. The van der Waals surface area contributed by atoms with Gasteiger partial charge in [0.2, 0.25) is 0 Å². The van der Waals surface area contributed by atoms with Gasteiger partial charge in [-0.25, -0.2) is 4.79 Å². The van der Waals surface area contributed by atoms with E-state index < -0.39 is 12.1 Å². The Morgan fingerprint density at radius 2 is 2.09 bits per heavy atom. The Kier molecular flexibility index (Phi) is 1.20. The van der Waals surface area contributed by atoms with Crippen molar-refractivity contribution in [2.75, 3.05) is 0 Å². The van der Waals surface area contributed by atoms with Crippen LogP contribution in [-0.2, 0) is 4.79 Å².